The first-order valence-corrected chi connectivity index (χ1v) is 10.4. The molecule has 1 heterocycles. The first kappa shape index (κ1) is 17.9. The van der Waals surface area contributed by atoms with Gasteiger partial charge in [-0.2, -0.15) is 0 Å². The van der Waals surface area contributed by atoms with Gasteiger partial charge in [-0.3, -0.25) is 9.35 Å². The molecule has 140 valence electrons. The molecule has 0 amide bonds. The molecule has 26 heavy (non-hydrogen) atoms. The second kappa shape index (κ2) is 6.59. The molecule has 3 aliphatic rings. The molecule has 0 spiro atoms. The molecule has 3 aliphatic carbocycles. The standard InChI is InChI=1S/C20H23NO.H3NO2S/c1-20(2)15(12-6-4-3-5-7-12)16(20)19-21-17(13-8-9-13)18(22-19)14-10-11-14;1-4(2)3/h3-7,13-16H,8-11H2,1-2H3;1H2,(H,2,3)/p-1/t15-,16+;/m1./s1. The highest BCUT2D eigenvalue weighted by Crippen LogP contribution is 2.70. The normalized spacial score (nSPS) is 27.4. The summed E-state index contributed by atoms with van der Waals surface area (Å²) in [6.07, 6.45) is 5.21. The highest BCUT2D eigenvalue weighted by molar-refractivity contribution is 7.76. The van der Waals surface area contributed by atoms with Crippen molar-refractivity contribution in [2.24, 2.45) is 10.6 Å². The number of hydrogen-bond acceptors (Lipinski definition) is 4. The van der Waals surface area contributed by atoms with Crippen LogP contribution in [0.2, 0.25) is 0 Å². The summed E-state index contributed by atoms with van der Waals surface area (Å²) in [4.78, 5) is 5.00. The molecule has 3 fully saturated rings. The summed E-state index contributed by atoms with van der Waals surface area (Å²) >= 11 is -2.36. The van der Waals surface area contributed by atoms with Gasteiger partial charge in [-0.05, 0) is 36.7 Å². The lowest BCUT2D eigenvalue weighted by molar-refractivity contribution is 0.436. The largest absolute Gasteiger partial charge is 0.760 e. The molecule has 1 aromatic carbocycles. The lowest BCUT2D eigenvalue weighted by atomic mass is 10.0. The van der Waals surface area contributed by atoms with Crippen molar-refractivity contribution in [3.05, 3.63) is 53.2 Å². The SMILES string of the molecule is CC1(C)[C@H](c2ccccc2)[C@H]1c1nc(C2CC2)c(C2CC2)o1.NS(=O)[O-]. The minimum Gasteiger partial charge on any atom is -0.760 e. The Morgan fingerprint density at radius 1 is 1.12 bits per heavy atom. The van der Waals surface area contributed by atoms with Crippen LogP contribution in [0.4, 0.5) is 0 Å². The van der Waals surface area contributed by atoms with E-state index in [0.717, 1.165) is 5.89 Å². The van der Waals surface area contributed by atoms with Gasteiger partial charge in [-0.1, -0.05) is 44.2 Å². The third kappa shape index (κ3) is 3.50. The van der Waals surface area contributed by atoms with Crippen LogP contribution in [0.15, 0.2) is 34.7 Å². The summed E-state index contributed by atoms with van der Waals surface area (Å²) < 4.78 is 23.9. The number of nitrogens with two attached hydrogens (primary N) is 1. The molecule has 3 atom stereocenters. The Morgan fingerprint density at radius 3 is 2.23 bits per heavy atom. The van der Waals surface area contributed by atoms with Crippen LogP contribution >= 0.6 is 0 Å². The van der Waals surface area contributed by atoms with E-state index in [2.05, 4.69) is 49.3 Å². The predicted molar refractivity (Wildman–Crippen MR) is 99.3 cm³/mol. The Balaban J connectivity index is 0.000000385. The molecule has 3 saturated carbocycles. The van der Waals surface area contributed by atoms with E-state index in [-0.39, 0.29) is 5.41 Å². The van der Waals surface area contributed by atoms with Crippen LogP contribution in [0.3, 0.4) is 0 Å². The minimum absolute atomic E-state index is 0.258. The van der Waals surface area contributed by atoms with E-state index in [4.69, 9.17) is 18.2 Å². The average Bonchev–Trinajstić information content (AvgIpc) is 3.48. The van der Waals surface area contributed by atoms with Crippen molar-refractivity contribution in [1.29, 1.82) is 0 Å². The quantitative estimate of drug-likeness (QED) is 0.818. The Kier molecular flexibility index (Phi) is 4.53. The summed E-state index contributed by atoms with van der Waals surface area (Å²) in [5.74, 6) is 4.63. The molecule has 0 radical (unpaired) electrons. The molecule has 0 saturated heterocycles. The zero-order valence-corrected chi connectivity index (χ0v) is 16.0. The van der Waals surface area contributed by atoms with Crippen LogP contribution in [-0.4, -0.2) is 13.7 Å². The fourth-order valence-corrected chi connectivity index (χ4v) is 4.16. The maximum atomic E-state index is 8.78. The molecule has 0 aliphatic heterocycles. The van der Waals surface area contributed by atoms with Gasteiger partial charge in [-0.15, -0.1) is 0 Å². The zero-order valence-electron chi connectivity index (χ0n) is 15.2. The van der Waals surface area contributed by atoms with Crippen LogP contribution in [0.25, 0.3) is 0 Å². The molecule has 2 N–H and O–H groups in total. The van der Waals surface area contributed by atoms with Gasteiger partial charge in [0.25, 0.3) is 0 Å². The van der Waals surface area contributed by atoms with E-state index in [0.29, 0.717) is 23.7 Å². The summed E-state index contributed by atoms with van der Waals surface area (Å²) in [6, 6.07) is 10.9. The van der Waals surface area contributed by atoms with Gasteiger partial charge in [-0.25, -0.2) is 4.98 Å². The third-order valence-electron chi connectivity index (χ3n) is 5.86. The second-order valence-electron chi connectivity index (χ2n) is 8.30. The molecule has 5 nitrogen and oxygen atoms in total. The van der Waals surface area contributed by atoms with Gasteiger partial charge in [0.15, 0.2) is 5.89 Å². The Labute approximate surface area is 156 Å². The van der Waals surface area contributed by atoms with Crippen molar-refractivity contribution in [2.75, 3.05) is 0 Å². The van der Waals surface area contributed by atoms with Gasteiger partial charge in [0.2, 0.25) is 0 Å². The Morgan fingerprint density at radius 2 is 1.69 bits per heavy atom. The van der Waals surface area contributed by atoms with Gasteiger partial charge in [0, 0.05) is 34.9 Å². The van der Waals surface area contributed by atoms with Crippen LogP contribution in [0.5, 0.6) is 0 Å². The molecule has 2 aromatic rings. The lowest BCUT2D eigenvalue weighted by Crippen LogP contribution is -1.97. The van der Waals surface area contributed by atoms with Crippen molar-refractivity contribution in [3.8, 4) is 0 Å². The van der Waals surface area contributed by atoms with Crippen molar-refractivity contribution in [3.63, 3.8) is 0 Å². The monoisotopic (exact) mass is 373 g/mol. The van der Waals surface area contributed by atoms with Crippen molar-refractivity contribution < 1.29 is 13.2 Å². The molecule has 5 rings (SSSR count). The van der Waals surface area contributed by atoms with E-state index < -0.39 is 11.3 Å². The summed E-state index contributed by atoms with van der Waals surface area (Å²) in [5, 5.41) is 4.03. The topological polar surface area (TPSA) is 92.2 Å². The number of hydrogen-bond donors (Lipinski definition) is 1. The van der Waals surface area contributed by atoms with Crippen molar-refractivity contribution in [1.82, 2.24) is 4.98 Å². The van der Waals surface area contributed by atoms with E-state index in [1.165, 1.54) is 42.7 Å². The number of nitrogens with zero attached hydrogens (tertiary/aromatic N) is 1. The number of oxazole rings is 1. The summed E-state index contributed by atoms with van der Waals surface area (Å²) in [7, 11) is 0. The molecule has 1 unspecified atom stereocenters. The highest BCUT2D eigenvalue weighted by Gasteiger charge is 2.62. The van der Waals surface area contributed by atoms with Crippen LogP contribution in [-0.2, 0) is 11.3 Å². The highest BCUT2D eigenvalue weighted by atomic mass is 32.2. The first-order chi connectivity index (χ1) is 12.4. The maximum absolute atomic E-state index is 8.78. The molecule has 0 bridgehead atoms. The Bertz CT molecular complexity index is 776. The number of benzene rings is 1. The molecule has 6 heteroatoms. The minimum atomic E-state index is -2.36. The molecular weight excluding hydrogens is 348 g/mol. The van der Waals surface area contributed by atoms with E-state index in [1.54, 1.807) is 0 Å². The second-order valence-corrected chi connectivity index (χ2v) is 8.82. The number of aromatic nitrogens is 1. The summed E-state index contributed by atoms with van der Waals surface area (Å²) in [5.41, 5.74) is 3.00. The zero-order chi connectivity index (χ0) is 18.5. The fraction of sp³-hybridized carbons (Fsp3) is 0.550. The fourth-order valence-electron chi connectivity index (χ4n) is 4.16. The van der Waals surface area contributed by atoms with E-state index in [9.17, 15) is 0 Å². The van der Waals surface area contributed by atoms with Crippen LogP contribution in [0.1, 0.15) is 86.1 Å². The third-order valence-corrected chi connectivity index (χ3v) is 5.86. The van der Waals surface area contributed by atoms with Gasteiger partial charge in [0.05, 0.1) is 5.69 Å². The van der Waals surface area contributed by atoms with Crippen LogP contribution < -0.4 is 5.14 Å². The smallest absolute Gasteiger partial charge is 0.198 e. The summed E-state index contributed by atoms with van der Waals surface area (Å²) in [6.45, 7) is 4.71. The van der Waals surface area contributed by atoms with Gasteiger partial charge in [0.1, 0.15) is 5.76 Å². The van der Waals surface area contributed by atoms with Crippen molar-refractivity contribution in [2.45, 2.75) is 63.2 Å². The average molecular weight is 373 g/mol. The van der Waals surface area contributed by atoms with Gasteiger partial charge >= 0.3 is 0 Å². The lowest BCUT2D eigenvalue weighted by Gasteiger charge is -2.01. The van der Waals surface area contributed by atoms with Crippen molar-refractivity contribution >= 4 is 11.3 Å². The molecular formula is C20H25N2O3S-. The predicted octanol–water partition coefficient (Wildman–Crippen LogP) is 4.08. The van der Waals surface area contributed by atoms with Crippen LogP contribution in [0, 0.1) is 5.41 Å². The van der Waals surface area contributed by atoms with E-state index >= 15 is 0 Å². The Hall–Kier alpha value is -1.50. The first-order valence-electron chi connectivity index (χ1n) is 9.28. The number of rotatable bonds is 4. The molecule has 1 aromatic heterocycles. The maximum Gasteiger partial charge on any atom is 0.198 e. The van der Waals surface area contributed by atoms with Gasteiger partial charge < -0.3 is 8.97 Å². The van der Waals surface area contributed by atoms with E-state index in [1.807, 2.05) is 0 Å².